The number of amides is 2. The van der Waals surface area contributed by atoms with Gasteiger partial charge in [0.05, 0.1) is 5.75 Å². The van der Waals surface area contributed by atoms with Crippen molar-refractivity contribution in [3.8, 4) is 0 Å². The van der Waals surface area contributed by atoms with Crippen LogP contribution in [0.1, 0.15) is 12.5 Å². The maximum atomic E-state index is 11.1. The van der Waals surface area contributed by atoms with Gasteiger partial charge in [-0.3, -0.25) is 4.55 Å². The van der Waals surface area contributed by atoms with Gasteiger partial charge in [-0.15, -0.1) is 0 Å². The van der Waals surface area contributed by atoms with Crippen molar-refractivity contribution in [1.29, 1.82) is 0 Å². The monoisotopic (exact) mass is 336 g/mol. The average molecular weight is 337 g/mol. The lowest BCUT2D eigenvalue weighted by molar-refractivity contribution is 0.259. The van der Waals surface area contributed by atoms with Crippen LogP contribution in [0.5, 0.6) is 0 Å². The van der Waals surface area contributed by atoms with Crippen molar-refractivity contribution in [3.63, 3.8) is 0 Å². The summed E-state index contributed by atoms with van der Waals surface area (Å²) >= 11 is 5.82. The summed E-state index contributed by atoms with van der Waals surface area (Å²) in [6.45, 7) is 3.20. The fraction of sp³-hybridized carbons (Fsp3) is 0.273. The van der Waals surface area contributed by atoms with E-state index in [1.807, 2.05) is 6.92 Å². The van der Waals surface area contributed by atoms with Crippen molar-refractivity contribution in [2.75, 3.05) is 11.1 Å². The largest absolute Gasteiger partial charge is 0.370 e. The van der Waals surface area contributed by atoms with E-state index in [9.17, 15) is 13.2 Å². The summed E-state index contributed by atoms with van der Waals surface area (Å²) < 4.78 is 26.9. The van der Waals surface area contributed by atoms with Gasteiger partial charge >= 0.3 is 6.03 Å². The molecule has 0 aliphatic carbocycles. The summed E-state index contributed by atoms with van der Waals surface area (Å²) in [5.74, 6) is -0.481. The molecule has 21 heavy (non-hydrogen) atoms. The number of halogens is 1. The molecule has 0 bridgehead atoms. The topological polar surface area (TPSA) is 148 Å². The standard InChI is InChI=1S/C9H11ClN4O.C2H6O3S/c1-5-4-6(2-3-7(5)10)13-9(15)14-8(11)12;1-2-6(3,4)5/h2-4H,1H3,(H5,11,12,13,14,15);2H2,1H3,(H,3,4,5). The lowest BCUT2D eigenvalue weighted by Crippen LogP contribution is -2.25. The Morgan fingerprint density at radius 2 is 1.95 bits per heavy atom. The molecule has 0 spiro atoms. The highest BCUT2D eigenvalue weighted by molar-refractivity contribution is 7.85. The maximum Gasteiger partial charge on any atom is 0.348 e. The lowest BCUT2D eigenvalue weighted by Gasteiger charge is -2.04. The van der Waals surface area contributed by atoms with Crippen LogP contribution < -0.4 is 16.8 Å². The SMILES string of the molecule is CCS(=O)(=O)O.Cc1cc(NC(=O)N=C(N)N)ccc1Cl. The molecule has 10 heteroatoms. The molecule has 0 unspecified atom stereocenters. The maximum absolute atomic E-state index is 11.1. The summed E-state index contributed by atoms with van der Waals surface area (Å²) in [6, 6.07) is 4.46. The second kappa shape index (κ2) is 8.45. The summed E-state index contributed by atoms with van der Waals surface area (Å²) in [6.07, 6.45) is 0. The smallest absolute Gasteiger partial charge is 0.348 e. The van der Waals surface area contributed by atoms with E-state index < -0.39 is 16.1 Å². The Bertz CT molecular complexity index is 627. The van der Waals surface area contributed by atoms with Gasteiger partial charge in [0.15, 0.2) is 5.96 Å². The number of guanidine groups is 1. The summed E-state index contributed by atoms with van der Waals surface area (Å²) in [4.78, 5) is 14.4. The molecule has 8 nitrogen and oxygen atoms in total. The lowest BCUT2D eigenvalue weighted by atomic mass is 10.2. The molecule has 118 valence electrons. The summed E-state index contributed by atoms with van der Waals surface area (Å²) in [7, 11) is -3.66. The third-order valence-electron chi connectivity index (χ3n) is 2.00. The number of urea groups is 1. The molecule has 0 atom stereocenters. The van der Waals surface area contributed by atoms with Crippen LogP contribution in [-0.2, 0) is 10.1 Å². The first kappa shape index (κ1) is 19.2. The Balaban J connectivity index is 0.000000567. The number of nitrogens with one attached hydrogen (secondary N) is 1. The molecule has 2 amide bonds. The first-order chi connectivity index (χ1) is 9.55. The summed E-state index contributed by atoms with van der Waals surface area (Å²) in [5.41, 5.74) is 11.5. The molecule has 0 fully saturated rings. The molecule has 0 saturated carbocycles. The molecule has 0 radical (unpaired) electrons. The van der Waals surface area contributed by atoms with Crippen molar-refractivity contribution in [1.82, 2.24) is 0 Å². The third-order valence-corrected chi connectivity index (χ3v) is 3.16. The highest BCUT2D eigenvalue weighted by Gasteiger charge is 2.02. The van der Waals surface area contributed by atoms with Gasteiger partial charge in [0.1, 0.15) is 0 Å². The number of anilines is 1. The fourth-order valence-corrected chi connectivity index (χ4v) is 1.11. The molecule has 0 aliphatic heterocycles. The Hall–Kier alpha value is -1.84. The van der Waals surface area contributed by atoms with Crippen molar-refractivity contribution in [2.24, 2.45) is 16.5 Å². The van der Waals surface area contributed by atoms with Crippen LogP contribution in [0.4, 0.5) is 10.5 Å². The minimum absolute atomic E-state index is 0.201. The van der Waals surface area contributed by atoms with Crippen LogP contribution in [0, 0.1) is 6.92 Å². The molecule has 0 aromatic heterocycles. The highest BCUT2D eigenvalue weighted by atomic mass is 35.5. The van der Waals surface area contributed by atoms with Crippen LogP contribution in [0.15, 0.2) is 23.2 Å². The highest BCUT2D eigenvalue weighted by Crippen LogP contribution is 2.19. The number of carbonyl (C=O) groups excluding carboxylic acids is 1. The molecular weight excluding hydrogens is 320 g/mol. The number of aliphatic imine (C=N–C) groups is 1. The van der Waals surface area contributed by atoms with E-state index in [0.29, 0.717) is 10.7 Å². The van der Waals surface area contributed by atoms with E-state index >= 15 is 0 Å². The Morgan fingerprint density at radius 1 is 1.43 bits per heavy atom. The number of hydrogen-bond acceptors (Lipinski definition) is 3. The van der Waals surface area contributed by atoms with Gasteiger partial charge in [0, 0.05) is 10.7 Å². The molecular formula is C11H17ClN4O4S. The second-order valence-corrected chi connectivity index (χ2v) is 5.95. The van der Waals surface area contributed by atoms with Crippen LogP contribution in [0.2, 0.25) is 5.02 Å². The predicted octanol–water partition coefficient (Wildman–Crippen LogP) is 1.35. The molecule has 1 aromatic rings. The van der Waals surface area contributed by atoms with Gasteiger partial charge in [-0.25, -0.2) is 4.79 Å². The van der Waals surface area contributed by atoms with Crippen LogP contribution in [0.3, 0.4) is 0 Å². The van der Waals surface area contributed by atoms with Crippen LogP contribution >= 0.6 is 11.6 Å². The van der Waals surface area contributed by atoms with E-state index in [4.69, 9.17) is 27.6 Å². The van der Waals surface area contributed by atoms with Gasteiger partial charge < -0.3 is 16.8 Å². The van der Waals surface area contributed by atoms with E-state index in [0.717, 1.165) is 5.56 Å². The van der Waals surface area contributed by atoms with Gasteiger partial charge in [0.2, 0.25) is 0 Å². The number of nitrogens with two attached hydrogens (primary N) is 2. The van der Waals surface area contributed by atoms with Gasteiger partial charge in [-0.1, -0.05) is 11.6 Å². The quantitative estimate of drug-likeness (QED) is 0.364. The van der Waals surface area contributed by atoms with Crippen LogP contribution in [-0.4, -0.2) is 30.7 Å². The normalized spacial score (nSPS) is 10.1. The number of hydrogen-bond donors (Lipinski definition) is 4. The Labute approximate surface area is 127 Å². The van der Waals surface area contributed by atoms with E-state index in [2.05, 4.69) is 10.3 Å². The first-order valence-corrected chi connectivity index (χ1v) is 7.65. The predicted molar refractivity (Wildman–Crippen MR) is 83.1 cm³/mol. The molecule has 1 aromatic carbocycles. The Morgan fingerprint density at radius 3 is 2.33 bits per heavy atom. The minimum Gasteiger partial charge on any atom is -0.370 e. The van der Waals surface area contributed by atoms with Gasteiger partial charge in [-0.05, 0) is 37.6 Å². The van der Waals surface area contributed by atoms with E-state index in [1.165, 1.54) is 6.92 Å². The van der Waals surface area contributed by atoms with Crippen LogP contribution in [0.25, 0.3) is 0 Å². The first-order valence-electron chi connectivity index (χ1n) is 5.67. The fourth-order valence-electron chi connectivity index (χ4n) is 0.991. The molecule has 0 saturated heterocycles. The number of carbonyl (C=O) groups is 1. The minimum atomic E-state index is -3.66. The number of benzene rings is 1. The van der Waals surface area contributed by atoms with Crippen molar-refractivity contribution in [2.45, 2.75) is 13.8 Å². The Kier molecular flexibility index (Phi) is 7.71. The van der Waals surface area contributed by atoms with Gasteiger partial charge in [0.25, 0.3) is 10.1 Å². The molecule has 6 N–H and O–H groups in total. The molecule has 1 rings (SSSR count). The van der Waals surface area contributed by atoms with Crippen molar-refractivity contribution >= 4 is 39.4 Å². The average Bonchev–Trinajstić information content (AvgIpc) is 2.33. The van der Waals surface area contributed by atoms with Gasteiger partial charge in [-0.2, -0.15) is 13.4 Å². The zero-order valence-corrected chi connectivity index (χ0v) is 13.1. The summed E-state index contributed by atoms with van der Waals surface area (Å²) in [5, 5.41) is 3.13. The zero-order chi connectivity index (χ0) is 16.6. The zero-order valence-electron chi connectivity index (χ0n) is 11.5. The van der Waals surface area contributed by atoms with E-state index in [-0.39, 0.29) is 11.7 Å². The van der Waals surface area contributed by atoms with Crippen molar-refractivity contribution in [3.05, 3.63) is 28.8 Å². The molecule has 0 heterocycles. The van der Waals surface area contributed by atoms with E-state index in [1.54, 1.807) is 18.2 Å². The third kappa shape index (κ3) is 9.66. The second-order valence-electron chi connectivity index (χ2n) is 3.80. The van der Waals surface area contributed by atoms with Crippen molar-refractivity contribution < 1.29 is 17.8 Å². The molecule has 0 aliphatic rings. The number of rotatable bonds is 2. The number of nitrogens with zero attached hydrogens (tertiary/aromatic N) is 1. The number of aryl methyl sites for hydroxylation is 1.